The molecule has 0 aromatic heterocycles. The predicted octanol–water partition coefficient (Wildman–Crippen LogP) is 1.20. The molecule has 0 aliphatic carbocycles. The van der Waals surface area contributed by atoms with E-state index in [1.165, 1.54) is 0 Å². The van der Waals surface area contributed by atoms with Crippen LogP contribution in [0.3, 0.4) is 0 Å². The van der Waals surface area contributed by atoms with E-state index in [4.69, 9.17) is 16.2 Å². The van der Waals surface area contributed by atoms with Crippen molar-refractivity contribution in [3.63, 3.8) is 0 Å². The first-order valence-electron chi connectivity index (χ1n) is 5.59. The maximum absolute atomic E-state index is 10.9. The largest absolute Gasteiger partial charge is 0.397 e. The van der Waals surface area contributed by atoms with E-state index in [0.717, 1.165) is 5.69 Å². The third kappa shape index (κ3) is 3.96. The summed E-state index contributed by atoms with van der Waals surface area (Å²) in [6.07, 6.45) is 0.107. The maximum atomic E-state index is 10.9. The van der Waals surface area contributed by atoms with Gasteiger partial charge in [0.1, 0.15) is 0 Å². The van der Waals surface area contributed by atoms with Gasteiger partial charge in [0.2, 0.25) is 5.91 Å². The Hall–Kier alpha value is -1.75. The molecule has 0 heterocycles. The molecule has 1 rings (SSSR count). The Balaban J connectivity index is 2.63. The Labute approximate surface area is 101 Å². The molecule has 5 nitrogen and oxygen atoms in total. The van der Waals surface area contributed by atoms with Crippen molar-refractivity contribution >= 4 is 17.3 Å². The molecule has 0 spiro atoms. The van der Waals surface area contributed by atoms with Crippen molar-refractivity contribution in [1.82, 2.24) is 0 Å². The second-order valence-electron chi connectivity index (χ2n) is 3.81. The van der Waals surface area contributed by atoms with Gasteiger partial charge >= 0.3 is 0 Å². The number of hydrogen-bond acceptors (Lipinski definition) is 4. The van der Waals surface area contributed by atoms with Crippen molar-refractivity contribution < 1.29 is 9.53 Å². The molecule has 0 radical (unpaired) electrons. The smallest absolute Gasteiger partial charge is 0.248 e. The summed E-state index contributed by atoms with van der Waals surface area (Å²) in [6.45, 7) is 5.27. The lowest BCUT2D eigenvalue weighted by Gasteiger charge is -2.15. The molecule has 17 heavy (non-hydrogen) atoms. The van der Waals surface area contributed by atoms with Crippen LogP contribution >= 0.6 is 0 Å². The summed E-state index contributed by atoms with van der Waals surface area (Å²) in [5.41, 5.74) is 12.7. The summed E-state index contributed by atoms with van der Waals surface area (Å²) in [7, 11) is 0. The SMILES string of the molecule is CCOC(C)CNc1ccc(C(N)=O)cc1N. The van der Waals surface area contributed by atoms with Crippen LogP contribution in [0, 0.1) is 0 Å². The second-order valence-corrected chi connectivity index (χ2v) is 3.81. The Kier molecular flexibility index (Phi) is 4.78. The van der Waals surface area contributed by atoms with Crippen LogP contribution < -0.4 is 16.8 Å². The van der Waals surface area contributed by atoms with E-state index in [1.54, 1.807) is 18.2 Å². The first kappa shape index (κ1) is 13.3. The molecule has 1 aromatic rings. The number of anilines is 2. The van der Waals surface area contributed by atoms with Crippen LogP contribution in [0.25, 0.3) is 0 Å². The monoisotopic (exact) mass is 237 g/mol. The third-order valence-electron chi connectivity index (χ3n) is 2.37. The highest BCUT2D eigenvalue weighted by molar-refractivity contribution is 5.94. The quantitative estimate of drug-likeness (QED) is 0.648. The summed E-state index contributed by atoms with van der Waals surface area (Å²) >= 11 is 0. The van der Waals surface area contributed by atoms with Crippen LogP contribution in [0.15, 0.2) is 18.2 Å². The number of rotatable bonds is 6. The zero-order chi connectivity index (χ0) is 12.8. The van der Waals surface area contributed by atoms with E-state index < -0.39 is 5.91 Å². The van der Waals surface area contributed by atoms with Gasteiger partial charge in [-0.2, -0.15) is 0 Å². The minimum Gasteiger partial charge on any atom is -0.397 e. The topological polar surface area (TPSA) is 90.4 Å². The predicted molar refractivity (Wildman–Crippen MR) is 69.0 cm³/mol. The van der Waals surface area contributed by atoms with Gasteiger partial charge in [-0.3, -0.25) is 4.79 Å². The van der Waals surface area contributed by atoms with Crippen molar-refractivity contribution in [2.75, 3.05) is 24.2 Å². The van der Waals surface area contributed by atoms with E-state index in [9.17, 15) is 4.79 Å². The number of nitrogen functional groups attached to an aromatic ring is 1. The minimum absolute atomic E-state index is 0.107. The Morgan fingerprint density at radius 2 is 2.24 bits per heavy atom. The van der Waals surface area contributed by atoms with Crippen LogP contribution in [0.4, 0.5) is 11.4 Å². The summed E-state index contributed by atoms with van der Waals surface area (Å²) in [5, 5.41) is 3.16. The maximum Gasteiger partial charge on any atom is 0.248 e. The summed E-state index contributed by atoms with van der Waals surface area (Å²) in [4.78, 5) is 10.9. The Morgan fingerprint density at radius 1 is 1.53 bits per heavy atom. The highest BCUT2D eigenvalue weighted by atomic mass is 16.5. The summed E-state index contributed by atoms with van der Waals surface area (Å²) in [5.74, 6) is -0.481. The molecule has 94 valence electrons. The van der Waals surface area contributed by atoms with Gasteiger partial charge in [0.25, 0.3) is 0 Å². The fraction of sp³-hybridized carbons (Fsp3) is 0.417. The van der Waals surface area contributed by atoms with Gasteiger partial charge in [0, 0.05) is 18.7 Å². The Bertz CT molecular complexity index is 393. The van der Waals surface area contributed by atoms with E-state index in [-0.39, 0.29) is 6.10 Å². The molecule has 0 aliphatic heterocycles. The standard InChI is InChI=1S/C12H19N3O2/c1-3-17-8(2)7-15-11-5-4-9(12(14)16)6-10(11)13/h4-6,8,15H,3,7,13H2,1-2H3,(H2,14,16). The van der Waals surface area contributed by atoms with Crippen LogP contribution in [-0.2, 0) is 4.74 Å². The number of nitrogens with one attached hydrogen (secondary N) is 1. The Morgan fingerprint density at radius 3 is 2.76 bits per heavy atom. The molecule has 5 heteroatoms. The van der Waals surface area contributed by atoms with Gasteiger partial charge in [-0.15, -0.1) is 0 Å². The summed E-state index contributed by atoms with van der Waals surface area (Å²) in [6, 6.07) is 4.95. The van der Waals surface area contributed by atoms with Gasteiger partial charge in [-0.25, -0.2) is 0 Å². The highest BCUT2D eigenvalue weighted by Gasteiger charge is 2.06. The second kappa shape index (κ2) is 6.10. The number of primary amides is 1. The van der Waals surface area contributed by atoms with Crippen molar-refractivity contribution in [2.45, 2.75) is 20.0 Å². The number of carbonyl (C=O) groups excluding carboxylic acids is 1. The number of amides is 1. The van der Waals surface area contributed by atoms with Gasteiger partial charge in [0.05, 0.1) is 17.5 Å². The number of benzene rings is 1. The third-order valence-corrected chi connectivity index (χ3v) is 2.37. The van der Waals surface area contributed by atoms with E-state index >= 15 is 0 Å². The van der Waals surface area contributed by atoms with Crippen molar-refractivity contribution in [3.05, 3.63) is 23.8 Å². The molecule has 1 aromatic carbocycles. The molecule has 0 aliphatic rings. The van der Waals surface area contributed by atoms with Crippen molar-refractivity contribution in [2.24, 2.45) is 5.73 Å². The first-order valence-corrected chi connectivity index (χ1v) is 5.59. The lowest BCUT2D eigenvalue weighted by atomic mass is 10.1. The molecule has 5 N–H and O–H groups in total. The molecule has 0 fully saturated rings. The molecule has 0 saturated heterocycles. The summed E-state index contributed by atoms with van der Waals surface area (Å²) < 4.78 is 5.39. The zero-order valence-electron chi connectivity index (χ0n) is 10.2. The highest BCUT2D eigenvalue weighted by Crippen LogP contribution is 2.19. The average Bonchev–Trinajstić information content (AvgIpc) is 2.27. The zero-order valence-corrected chi connectivity index (χ0v) is 10.2. The lowest BCUT2D eigenvalue weighted by Crippen LogP contribution is -2.20. The fourth-order valence-corrected chi connectivity index (χ4v) is 1.47. The lowest BCUT2D eigenvalue weighted by molar-refractivity contribution is 0.0855. The van der Waals surface area contributed by atoms with E-state index in [0.29, 0.717) is 24.4 Å². The minimum atomic E-state index is -0.481. The number of ether oxygens (including phenoxy) is 1. The van der Waals surface area contributed by atoms with E-state index in [1.807, 2.05) is 13.8 Å². The number of hydrogen-bond donors (Lipinski definition) is 3. The van der Waals surface area contributed by atoms with Crippen LogP contribution in [-0.4, -0.2) is 25.2 Å². The van der Waals surface area contributed by atoms with Gasteiger partial charge < -0.3 is 21.5 Å². The average molecular weight is 237 g/mol. The van der Waals surface area contributed by atoms with E-state index in [2.05, 4.69) is 5.32 Å². The molecule has 1 unspecified atom stereocenters. The van der Waals surface area contributed by atoms with Gasteiger partial charge in [-0.1, -0.05) is 0 Å². The van der Waals surface area contributed by atoms with Crippen molar-refractivity contribution in [3.8, 4) is 0 Å². The molecule has 1 amide bonds. The molecule has 0 bridgehead atoms. The van der Waals surface area contributed by atoms with Crippen LogP contribution in [0.2, 0.25) is 0 Å². The molecule has 0 saturated carbocycles. The normalized spacial score (nSPS) is 12.1. The van der Waals surface area contributed by atoms with Gasteiger partial charge in [-0.05, 0) is 32.0 Å². The number of carbonyl (C=O) groups is 1. The van der Waals surface area contributed by atoms with Crippen molar-refractivity contribution in [1.29, 1.82) is 0 Å². The first-order chi connectivity index (χ1) is 8.04. The molecular formula is C12H19N3O2. The van der Waals surface area contributed by atoms with Gasteiger partial charge in [0.15, 0.2) is 0 Å². The number of nitrogens with two attached hydrogens (primary N) is 2. The molecule has 1 atom stereocenters. The molecular weight excluding hydrogens is 218 g/mol. The van der Waals surface area contributed by atoms with Crippen LogP contribution in [0.5, 0.6) is 0 Å². The fourth-order valence-electron chi connectivity index (χ4n) is 1.47. The van der Waals surface area contributed by atoms with Crippen LogP contribution in [0.1, 0.15) is 24.2 Å².